The molecule has 1 saturated heterocycles. The number of aryl methyl sites for hydroxylation is 1. The van der Waals surface area contributed by atoms with Gasteiger partial charge in [0.25, 0.3) is 5.91 Å². The van der Waals surface area contributed by atoms with Gasteiger partial charge in [0.2, 0.25) is 11.0 Å². The van der Waals surface area contributed by atoms with Crippen molar-refractivity contribution in [2.75, 3.05) is 11.9 Å². The van der Waals surface area contributed by atoms with Gasteiger partial charge in [-0.15, -0.1) is 10.2 Å². The van der Waals surface area contributed by atoms with Gasteiger partial charge in [0.1, 0.15) is 11.0 Å². The summed E-state index contributed by atoms with van der Waals surface area (Å²) in [4.78, 5) is 26.7. The summed E-state index contributed by atoms with van der Waals surface area (Å²) in [5, 5.41) is 12.4. The molecule has 0 unspecified atom stereocenters. The van der Waals surface area contributed by atoms with E-state index in [2.05, 4.69) is 15.5 Å². The first-order chi connectivity index (χ1) is 11.5. The van der Waals surface area contributed by atoms with Crippen molar-refractivity contribution in [3.05, 3.63) is 38.8 Å². The fourth-order valence-corrected chi connectivity index (χ4v) is 3.51. The van der Waals surface area contributed by atoms with E-state index in [-0.39, 0.29) is 11.8 Å². The van der Waals surface area contributed by atoms with Gasteiger partial charge < -0.3 is 4.90 Å². The summed E-state index contributed by atoms with van der Waals surface area (Å²) in [6, 6.07) is 4.17. The zero-order chi connectivity index (χ0) is 17.3. The van der Waals surface area contributed by atoms with Crippen LogP contribution in [0, 0.1) is 6.92 Å². The van der Waals surface area contributed by atoms with Crippen LogP contribution in [0.15, 0.2) is 18.2 Å². The fourth-order valence-electron chi connectivity index (χ4n) is 2.61. The number of halogens is 2. The number of hydrogen-bond donors (Lipinski definition) is 1. The minimum atomic E-state index is -0.531. The first kappa shape index (κ1) is 17.1. The smallest absolute Gasteiger partial charge is 0.254 e. The maximum Gasteiger partial charge on any atom is 0.254 e. The highest BCUT2D eigenvalue weighted by Gasteiger charge is 2.35. The van der Waals surface area contributed by atoms with E-state index in [0.29, 0.717) is 33.7 Å². The molecular weight excluding hydrogens is 371 g/mol. The highest BCUT2D eigenvalue weighted by molar-refractivity contribution is 7.15. The van der Waals surface area contributed by atoms with Crippen LogP contribution in [0.25, 0.3) is 0 Å². The van der Waals surface area contributed by atoms with Crippen molar-refractivity contribution in [2.24, 2.45) is 0 Å². The molecular formula is C15H14Cl2N4O2S. The van der Waals surface area contributed by atoms with Crippen LogP contribution in [0.1, 0.15) is 28.2 Å². The lowest BCUT2D eigenvalue weighted by atomic mass is 10.1. The van der Waals surface area contributed by atoms with Gasteiger partial charge in [-0.25, -0.2) is 0 Å². The predicted molar refractivity (Wildman–Crippen MR) is 93.8 cm³/mol. The van der Waals surface area contributed by atoms with Crippen molar-refractivity contribution in [1.29, 1.82) is 0 Å². The molecule has 1 atom stereocenters. The Morgan fingerprint density at radius 3 is 2.75 bits per heavy atom. The van der Waals surface area contributed by atoms with Crippen LogP contribution in [0.3, 0.4) is 0 Å². The Kier molecular flexibility index (Phi) is 5.03. The number of rotatable bonds is 3. The van der Waals surface area contributed by atoms with E-state index in [4.69, 9.17) is 23.2 Å². The first-order valence-electron chi connectivity index (χ1n) is 7.32. The summed E-state index contributed by atoms with van der Waals surface area (Å²) in [7, 11) is 0. The second-order valence-electron chi connectivity index (χ2n) is 5.40. The third kappa shape index (κ3) is 3.53. The summed E-state index contributed by atoms with van der Waals surface area (Å²) in [6.45, 7) is 2.33. The highest BCUT2D eigenvalue weighted by atomic mass is 35.5. The van der Waals surface area contributed by atoms with E-state index in [1.807, 2.05) is 6.92 Å². The van der Waals surface area contributed by atoms with E-state index in [1.54, 1.807) is 17.0 Å². The quantitative estimate of drug-likeness (QED) is 0.879. The highest BCUT2D eigenvalue weighted by Crippen LogP contribution is 2.26. The summed E-state index contributed by atoms with van der Waals surface area (Å²) in [6.07, 6.45) is 1.37. The minimum absolute atomic E-state index is 0.236. The molecule has 0 spiro atoms. The van der Waals surface area contributed by atoms with Crippen molar-refractivity contribution in [3.8, 4) is 0 Å². The molecule has 0 aliphatic carbocycles. The Hall–Kier alpha value is -1.70. The molecule has 1 aromatic heterocycles. The lowest BCUT2D eigenvalue weighted by Gasteiger charge is -2.23. The molecule has 126 valence electrons. The van der Waals surface area contributed by atoms with Crippen LogP contribution in [-0.2, 0) is 4.79 Å². The summed E-state index contributed by atoms with van der Waals surface area (Å²) >= 11 is 13.2. The molecule has 6 nitrogen and oxygen atoms in total. The monoisotopic (exact) mass is 384 g/mol. The lowest BCUT2D eigenvalue weighted by Crippen LogP contribution is -2.43. The van der Waals surface area contributed by atoms with Gasteiger partial charge in [-0.3, -0.25) is 14.9 Å². The first-order valence-corrected chi connectivity index (χ1v) is 8.90. The van der Waals surface area contributed by atoms with E-state index < -0.39 is 6.04 Å². The number of benzene rings is 1. The van der Waals surface area contributed by atoms with Gasteiger partial charge in [-0.1, -0.05) is 34.5 Å². The van der Waals surface area contributed by atoms with Crippen molar-refractivity contribution in [2.45, 2.75) is 25.8 Å². The van der Waals surface area contributed by atoms with Crippen LogP contribution in [-0.4, -0.2) is 39.5 Å². The van der Waals surface area contributed by atoms with Gasteiger partial charge >= 0.3 is 0 Å². The van der Waals surface area contributed by atoms with Crippen LogP contribution < -0.4 is 5.32 Å². The topological polar surface area (TPSA) is 75.2 Å². The predicted octanol–water partition coefficient (Wildman–Crippen LogP) is 3.40. The second kappa shape index (κ2) is 7.04. The van der Waals surface area contributed by atoms with Crippen LogP contribution in [0.4, 0.5) is 5.13 Å². The van der Waals surface area contributed by atoms with Crippen LogP contribution >= 0.6 is 34.5 Å². The molecule has 0 saturated carbocycles. The molecule has 1 aliphatic heterocycles. The van der Waals surface area contributed by atoms with Crippen molar-refractivity contribution >= 4 is 51.5 Å². The van der Waals surface area contributed by atoms with Crippen LogP contribution in [0.2, 0.25) is 10.0 Å². The van der Waals surface area contributed by atoms with E-state index in [1.165, 1.54) is 17.4 Å². The Labute approximate surface area is 152 Å². The fraction of sp³-hybridized carbons (Fsp3) is 0.333. The number of nitrogens with one attached hydrogen (secondary N) is 1. The average molecular weight is 385 g/mol. The van der Waals surface area contributed by atoms with Gasteiger partial charge in [0.15, 0.2) is 0 Å². The molecule has 1 aliphatic rings. The number of likely N-dealkylation sites (tertiary alicyclic amines) is 1. The Morgan fingerprint density at radius 2 is 2.08 bits per heavy atom. The molecule has 0 bridgehead atoms. The second-order valence-corrected chi connectivity index (χ2v) is 7.40. The third-order valence-corrected chi connectivity index (χ3v) is 5.23. The molecule has 3 rings (SSSR count). The molecule has 1 fully saturated rings. The Balaban J connectivity index is 1.75. The van der Waals surface area contributed by atoms with Crippen LogP contribution in [0.5, 0.6) is 0 Å². The van der Waals surface area contributed by atoms with Gasteiger partial charge in [-0.2, -0.15) is 0 Å². The third-order valence-electron chi connectivity index (χ3n) is 3.74. The molecule has 24 heavy (non-hydrogen) atoms. The normalized spacial score (nSPS) is 17.1. The number of carbonyl (C=O) groups is 2. The van der Waals surface area contributed by atoms with E-state index >= 15 is 0 Å². The Morgan fingerprint density at radius 1 is 1.29 bits per heavy atom. The molecule has 2 amide bonds. The Bertz CT molecular complexity index is 796. The maximum atomic E-state index is 12.7. The SMILES string of the molecule is Cc1nnc(NC(=O)[C@H]2CCCN2C(=O)c2ccc(Cl)c(Cl)c2)s1. The van der Waals surface area contributed by atoms with Crippen molar-refractivity contribution in [3.63, 3.8) is 0 Å². The average Bonchev–Trinajstić information content (AvgIpc) is 3.18. The molecule has 1 N–H and O–H groups in total. The molecule has 2 aromatic rings. The van der Waals surface area contributed by atoms with E-state index in [0.717, 1.165) is 11.4 Å². The number of nitrogens with zero attached hydrogens (tertiary/aromatic N) is 3. The maximum absolute atomic E-state index is 12.7. The summed E-state index contributed by atoms with van der Waals surface area (Å²) in [5.41, 5.74) is 0.413. The van der Waals surface area contributed by atoms with Gasteiger partial charge in [0, 0.05) is 12.1 Å². The van der Waals surface area contributed by atoms with Gasteiger partial charge in [0.05, 0.1) is 10.0 Å². The number of hydrogen-bond acceptors (Lipinski definition) is 5. The minimum Gasteiger partial charge on any atom is -0.327 e. The van der Waals surface area contributed by atoms with E-state index in [9.17, 15) is 9.59 Å². The molecule has 2 heterocycles. The number of carbonyl (C=O) groups excluding carboxylic acids is 2. The summed E-state index contributed by atoms with van der Waals surface area (Å²) < 4.78 is 0. The zero-order valence-electron chi connectivity index (χ0n) is 12.8. The zero-order valence-corrected chi connectivity index (χ0v) is 15.1. The molecule has 0 radical (unpaired) electrons. The van der Waals surface area contributed by atoms with Crippen molar-refractivity contribution in [1.82, 2.24) is 15.1 Å². The largest absolute Gasteiger partial charge is 0.327 e. The molecule has 1 aromatic carbocycles. The lowest BCUT2D eigenvalue weighted by molar-refractivity contribution is -0.119. The molecule has 9 heteroatoms. The number of anilines is 1. The number of aromatic nitrogens is 2. The van der Waals surface area contributed by atoms with Crippen molar-refractivity contribution < 1.29 is 9.59 Å². The van der Waals surface area contributed by atoms with Gasteiger partial charge in [-0.05, 0) is 38.0 Å². The number of amides is 2. The standard InChI is InChI=1S/C15H14Cl2N4O2S/c1-8-19-20-15(24-8)18-13(22)12-3-2-6-21(12)14(23)9-4-5-10(16)11(17)7-9/h4-5,7,12H,2-3,6H2,1H3,(H,18,20,22)/t12-/m1/s1. The summed E-state index contributed by atoms with van der Waals surface area (Å²) in [5.74, 6) is -0.489.